The van der Waals surface area contributed by atoms with Crippen LogP contribution in [-0.2, 0) is 25.1 Å². The van der Waals surface area contributed by atoms with Gasteiger partial charge in [0.05, 0.1) is 29.6 Å². The van der Waals surface area contributed by atoms with Gasteiger partial charge in [-0.25, -0.2) is 8.42 Å². The second-order valence-corrected chi connectivity index (χ2v) is 10.8. The third-order valence-corrected chi connectivity index (χ3v) is 8.53. The molecule has 4 aliphatic rings. The van der Waals surface area contributed by atoms with Crippen LogP contribution in [0.2, 0.25) is 0 Å². The molecule has 0 radical (unpaired) electrons. The largest absolute Gasteiger partial charge is 0.381 e. The molecular formula is C24H34N4O5S. The van der Waals surface area contributed by atoms with Gasteiger partial charge in [-0.05, 0) is 38.8 Å². The van der Waals surface area contributed by atoms with Crippen molar-refractivity contribution in [2.45, 2.75) is 37.5 Å². The van der Waals surface area contributed by atoms with Gasteiger partial charge in [0.1, 0.15) is 5.69 Å². The van der Waals surface area contributed by atoms with Gasteiger partial charge in [0.25, 0.3) is 5.91 Å². The second kappa shape index (κ2) is 11.0. The predicted octanol–water partition coefficient (Wildman–Crippen LogP) is 2.15. The number of allylic oxidation sites excluding steroid dienone is 3. The van der Waals surface area contributed by atoms with E-state index < -0.39 is 9.84 Å². The Bertz CT molecular complexity index is 1040. The van der Waals surface area contributed by atoms with E-state index in [0.29, 0.717) is 43.1 Å². The van der Waals surface area contributed by atoms with Gasteiger partial charge >= 0.3 is 0 Å². The number of H-pyrrole nitrogens is 1. The minimum atomic E-state index is -3.57. The molecule has 186 valence electrons. The number of nitrogens with zero attached hydrogens (tertiary/aromatic N) is 3. The summed E-state index contributed by atoms with van der Waals surface area (Å²) < 4.78 is 35.4. The van der Waals surface area contributed by atoms with E-state index in [2.05, 4.69) is 28.3 Å². The summed E-state index contributed by atoms with van der Waals surface area (Å²) in [5, 5.41) is 6.84. The summed E-state index contributed by atoms with van der Waals surface area (Å²) in [5.41, 5.74) is 1.43. The highest BCUT2D eigenvalue weighted by molar-refractivity contribution is 7.95. The zero-order valence-electron chi connectivity index (χ0n) is 19.6. The summed E-state index contributed by atoms with van der Waals surface area (Å²) >= 11 is 0. The number of likely N-dealkylation sites (tertiary alicyclic amines) is 1. The van der Waals surface area contributed by atoms with Gasteiger partial charge in [0, 0.05) is 43.5 Å². The molecule has 3 fully saturated rings. The zero-order valence-corrected chi connectivity index (χ0v) is 20.4. The monoisotopic (exact) mass is 490 g/mol. The topological polar surface area (TPSA) is 105 Å². The molecular weight excluding hydrogens is 456 g/mol. The van der Waals surface area contributed by atoms with Crippen molar-refractivity contribution in [2.75, 3.05) is 52.6 Å². The van der Waals surface area contributed by atoms with Gasteiger partial charge < -0.3 is 19.3 Å². The summed E-state index contributed by atoms with van der Waals surface area (Å²) in [4.78, 5) is 17.0. The summed E-state index contributed by atoms with van der Waals surface area (Å²) in [6.07, 6.45) is 8.07. The van der Waals surface area contributed by atoms with Crippen molar-refractivity contribution in [3.05, 3.63) is 47.2 Å². The van der Waals surface area contributed by atoms with Crippen LogP contribution in [0.25, 0.3) is 5.57 Å². The molecule has 0 bridgehead atoms. The Balaban J connectivity index is 0.000000207. The van der Waals surface area contributed by atoms with Crippen molar-refractivity contribution in [3.63, 3.8) is 0 Å². The lowest BCUT2D eigenvalue weighted by Crippen LogP contribution is -2.41. The molecule has 34 heavy (non-hydrogen) atoms. The van der Waals surface area contributed by atoms with Crippen molar-refractivity contribution in [1.29, 1.82) is 0 Å². The molecule has 1 N–H and O–H groups in total. The van der Waals surface area contributed by atoms with Crippen LogP contribution in [0.1, 0.15) is 47.4 Å². The number of aromatic amines is 1. The number of carbonyl (C=O) groups is 1. The van der Waals surface area contributed by atoms with Crippen LogP contribution in [0.3, 0.4) is 0 Å². The average molecular weight is 491 g/mol. The molecule has 5 rings (SSSR count). The second-order valence-electron chi connectivity index (χ2n) is 8.86. The molecule has 9 nitrogen and oxygen atoms in total. The van der Waals surface area contributed by atoms with Crippen LogP contribution in [0.4, 0.5) is 0 Å². The van der Waals surface area contributed by atoms with Crippen LogP contribution in [-0.4, -0.2) is 93.0 Å². The maximum atomic E-state index is 12.6. The predicted molar refractivity (Wildman–Crippen MR) is 130 cm³/mol. The molecule has 0 aromatic carbocycles. The first-order valence-corrected chi connectivity index (χ1v) is 13.6. The molecule has 1 aromatic heterocycles. The Labute approximate surface area is 201 Å². The van der Waals surface area contributed by atoms with E-state index >= 15 is 0 Å². The maximum absolute atomic E-state index is 12.6. The zero-order chi connectivity index (χ0) is 24.1. The number of ether oxygens (including phenoxy) is 2. The lowest BCUT2D eigenvalue weighted by Gasteiger charge is -2.30. The quantitative estimate of drug-likeness (QED) is 0.690. The number of hydrogen-bond donors (Lipinski definition) is 1. The number of aromatic nitrogens is 2. The maximum Gasteiger partial charge on any atom is 0.272 e. The van der Waals surface area contributed by atoms with E-state index in [1.54, 1.807) is 4.90 Å². The van der Waals surface area contributed by atoms with Crippen molar-refractivity contribution in [2.24, 2.45) is 0 Å². The molecule has 3 saturated heterocycles. The van der Waals surface area contributed by atoms with Gasteiger partial charge in [0.2, 0.25) is 0 Å². The van der Waals surface area contributed by atoms with Crippen LogP contribution in [0, 0.1) is 0 Å². The summed E-state index contributed by atoms with van der Waals surface area (Å²) in [6.45, 7) is 13.7. The number of morpholine rings is 1. The summed E-state index contributed by atoms with van der Waals surface area (Å²) in [7, 11) is -3.57. The van der Waals surface area contributed by atoms with E-state index in [9.17, 15) is 13.2 Å². The van der Waals surface area contributed by atoms with E-state index in [1.165, 1.54) is 50.9 Å². The molecule has 10 heteroatoms. The average Bonchev–Trinajstić information content (AvgIpc) is 3.54. The lowest BCUT2D eigenvalue weighted by molar-refractivity contribution is 0.0298. The van der Waals surface area contributed by atoms with E-state index in [-0.39, 0.29) is 22.3 Å². The highest BCUT2D eigenvalue weighted by atomic mass is 32.2. The Morgan fingerprint density at radius 2 is 1.65 bits per heavy atom. The van der Waals surface area contributed by atoms with Gasteiger partial charge in [0.15, 0.2) is 9.84 Å². The smallest absolute Gasteiger partial charge is 0.272 e. The summed E-state index contributed by atoms with van der Waals surface area (Å²) in [6, 6.07) is 0.853. The Morgan fingerprint density at radius 1 is 1.00 bits per heavy atom. The molecule has 1 aromatic rings. The third kappa shape index (κ3) is 5.19. The van der Waals surface area contributed by atoms with Crippen LogP contribution >= 0.6 is 0 Å². The van der Waals surface area contributed by atoms with Gasteiger partial charge in [-0.2, -0.15) is 5.10 Å². The molecule has 1 amide bonds. The number of nitrogens with one attached hydrogen (secondary N) is 1. The normalized spacial score (nSPS) is 23.1. The third-order valence-electron chi connectivity index (χ3n) is 6.81. The Kier molecular flexibility index (Phi) is 8.02. The first-order valence-electron chi connectivity index (χ1n) is 11.9. The van der Waals surface area contributed by atoms with Crippen molar-refractivity contribution >= 4 is 21.3 Å². The van der Waals surface area contributed by atoms with Crippen molar-refractivity contribution in [3.8, 4) is 0 Å². The Hall–Kier alpha value is -2.27. The minimum Gasteiger partial charge on any atom is -0.381 e. The first-order chi connectivity index (χ1) is 16.5. The van der Waals surface area contributed by atoms with Crippen LogP contribution < -0.4 is 0 Å². The number of rotatable bonds is 4. The molecule has 0 unspecified atom stereocenters. The fourth-order valence-corrected chi connectivity index (χ4v) is 6.56. The van der Waals surface area contributed by atoms with Crippen LogP contribution in [0.5, 0.6) is 0 Å². The SMILES string of the molecule is C1CCN(C2CCOCC2)C1.C=CC1=C(C=C)S(=O)(=O)Cc2c1n[nH]c2C(=O)N1CCOCC1. The number of fused-ring (bicyclic) bond motifs is 1. The van der Waals surface area contributed by atoms with Crippen LogP contribution in [0.15, 0.2) is 30.2 Å². The molecule has 0 aliphatic carbocycles. The standard InChI is InChI=1S/C15H17N3O4S.C9H17NO/c1-3-10-12(4-2)23(20,21)9-11-13(10)16-17-14(11)15(19)18-5-7-22-8-6-18;1-2-6-10(5-1)9-3-7-11-8-4-9/h3-4H,1-2,5-9H2,(H,16,17);9H,1-8H2. The molecule has 0 saturated carbocycles. The molecule has 5 heterocycles. The first kappa shape index (κ1) is 24.8. The van der Waals surface area contributed by atoms with Crippen molar-refractivity contribution in [1.82, 2.24) is 20.0 Å². The minimum absolute atomic E-state index is 0.0943. The van der Waals surface area contributed by atoms with Crippen molar-refractivity contribution < 1.29 is 22.7 Å². The lowest BCUT2D eigenvalue weighted by atomic mass is 10.1. The summed E-state index contributed by atoms with van der Waals surface area (Å²) in [5.74, 6) is -0.536. The van der Waals surface area contributed by atoms with Gasteiger partial charge in [-0.3, -0.25) is 9.89 Å². The highest BCUT2D eigenvalue weighted by Crippen LogP contribution is 2.35. The highest BCUT2D eigenvalue weighted by Gasteiger charge is 2.35. The number of amides is 1. The van der Waals surface area contributed by atoms with E-state index in [1.807, 2.05) is 0 Å². The Morgan fingerprint density at radius 3 is 2.26 bits per heavy atom. The van der Waals surface area contributed by atoms with Gasteiger partial charge in [-0.15, -0.1) is 0 Å². The fraction of sp³-hybridized carbons (Fsp3) is 0.583. The molecule has 0 spiro atoms. The van der Waals surface area contributed by atoms with Gasteiger partial charge in [-0.1, -0.05) is 25.3 Å². The fourth-order valence-electron chi connectivity index (χ4n) is 4.97. The number of carbonyl (C=O) groups excluding carboxylic acids is 1. The van der Waals surface area contributed by atoms with E-state index in [0.717, 1.165) is 19.3 Å². The molecule has 0 atom stereocenters. The molecule has 4 aliphatic heterocycles. The van der Waals surface area contributed by atoms with E-state index in [4.69, 9.17) is 9.47 Å². The number of sulfone groups is 1. The number of hydrogen-bond acceptors (Lipinski definition) is 7.